The van der Waals surface area contributed by atoms with Crippen LogP contribution in [0.4, 0.5) is 0 Å². The number of carbonyl (C=O) groups is 2. The monoisotopic (exact) mass is 260 g/mol. The minimum atomic E-state index is 0.0243. The number of hydrogen-bond acceptors (Lipinski definition) is 2. The second-order valence-electron chi connectivity index (χ2n) is 4.83. The normalized spacial score (nSPS) is 14.5. The van der Waals surface area contributed by atoms with E-state index in [-0.39, 0.29) is 11.8 Å². The van der Waals surface area contributed by atoms with E-state index in [2.05, 4.69) is 5.32 Å². The van der Waals surface area contributed by atoms with Crippen molar-refractivity contribution in [3.05, 3.63) is 35.4 Å². The first-order chi connectivity index (χ1) is 9.20. The highest BCUT2D eigenvalue weighted by Crippen LogP contribution is 2.14. The van der Waals surface area contributed by atoms with Gasteiger partial charge in [-0.2, -0.15) is 0 Å². The predicted octanol–water partition coefficient (Wildman–Crippen LogP) is 1.95. The number of rotatable bonds is 4. The third-order valence-corrected chi connectivity index (χ3v) is 3.38. The molecule has 0 spiro atoms. The summed E-state index contributed by atoms with van der Waals surface area (Å²) in [5.74, 6) is 0.123. The van der Waals surface area contributed by atoms with E-state index in [1.165, 1.54) is 0 Å². The van der Waals surface area contributed by atoms with Gasteiger partial charge in [-0.3, -0.25) is 9.59 Å². The molecule has 1 fully saturated rings. The molecular formula is C15H20N2O2. The van der Waals surface area contributed by atoms with Crippen molar-refractivity contribution in [2.75, 3.05) is 13.1 Å². The minimum Gasteiger partial charge on any atom is -0.352 e. The van der Waals surface area contributed by atoms with Crippen molar-refractivity contribution < 1.29 is 9.59 Å². The van der Waals surface area contributed by atoms with Gasteiger partial charge in [-0.25, -0.2) is 0 Å². The van der Waals surface area contributed by atoms with Crippen LogP contribution in [0.3, 0.4) is 0 Å². The van der Waals surface area contributed by atoms with Crippen LogP contribution < -0.4 is 5.32 Å². The maximum Gasteiger partial charge on any atom is 0.253 e. The lowest BCUT2D eigenvalue weighted by Crippen LogP contribution is -2.28. The van der Waals surface area contributed by atoms with E-state index in [4.69, 9.17) is 0 Å². The van der Waals surface area contributed by atoms with Crippen molar-refractivity contribution in [3.8, 4) is 0 Å². The van der Waals surface area contributed by atoms with Crippen LogP contribution in [0.2, 0.25) is 0 Å². The van der Waals surface area contributed by atoms with Crippen molar-refractivity contribution in [2.24, 2.45) is 0 Å². The molecule has 1 aromatic carbocycles. The van der Waals surface area contributed by atoms with E-state index in [1.807, 2.05) is 36.1 Å². The summed E-state index contributed by atoms with van der Waals surface area (Å²) in [6, 6.07) is 7.51. The number of hydrogen-bond donors (Lipinski definition) is 1. The smallest absolute Gasteiger partial charge is 0.253 e. The van der Waals surface area contributed by atoms with Gasteiger partial charge in [-0.1, -0.05) is 19.1 Å². The van der Waals surface area contributed by atoms with E-state index in [1.54, 1.807) is 0 Å². The fraction of sp³-hybridized carbons (Fsp3) is 0.467. The molecular weight excluding hydrogens is 240 g/mol. The third-order valence-electron chi connectivity index (χ3n) is 3.38. The van der Waals surface area contributed by atoms with Crippen molar-refractivity contribution >= 4 is 11.8 Å². The second-order valence-corrected chi connectivity index (χ2v) is 4.83. The number of likely N-dealkylation sites (tertiary alicyclic amines) is 1. The van der Waals surface area contributed by atoms with Crippen LogP contribution in [0.5, 0.6) is 0 Å². The first kappa shape index (κ1) is 13.6. The second kappa shape index (κ2) is 6.36. The molecule has 1 heterocycles. The summed E-state index contributed by atoms with van der Waals surface area (Å²) in [4.78, 5) is 25.4. The van der Waals surface area contributed by atoms with Crippen LogP contribution in [-0.2, 0) is 11.3 Å². The molecule has 1 aliphatic rings. The highest BCUT2D eigenvalue weighted by atomic mass is 16.2. The molecule has 19 heavy (non-hydrogen) atoms. The van der Waals surface area contributed by atoms with Gasteiger partial charge >= 0.3 is 0 Å². The van der Waals surface area contributed by atoms with Gasteiger partial charge in [-0.15, -0.1) is 0 Å². The number of nitrogens with zero attached hydrogens (tertiary/aromatic N) is 1. The number of nitrogens with one attached hydrogen (secondary N) is 1. The molecule has 1 N–H and O–H groups in total. The topological polar surface area (TPSA) is 49.4 Å². The Hall–Kier alpha value is -1.84. The maximum atomic E-state index is 12.2. The highest BCUT2D eigenvalue weighted by Gasteiger charge is 2.19. The van der Waals surface area contributed by atoms with Gasteiger partial charge in [-0.05, 0) is 30.5 Å². The summed E-state index contributed by atoms with van der Waals surface area (Å²) in [6.45, 7) is 4.02. The number of benzene rings is 1. The lowest BCUT2D eigenvalue weighted by atomic mass is 10.1. The Morgan fingerprint density at radius 1 is 1.26 bits per heavy atom. The quantitative estimate of drug-likeness (QED) is 0.899. The Bertz CT molecular complexity index is 465. The molecule has 0 bridgehead atoms. The average Bonchev–Trinajstić information content (AvgIpc) is 2.98. The lowest BCUT2D eigenvalue weighted by molar-refractivity contribution is -0.120. The zero-order valence-corrected chi connectivity index (χ0v) is 11.3. The molecule has 4 heteroatoms. The molecule has 0 atom stereocenters. The molecule has 0 aromatic heterocycles. The summed E-state index contributed by atoms with van der Waals surface area (Å²) in [5.41, 5.74) is 1.68. The van der Waals surface area contributed by atoms with E-state index in [0.717, 1.165) is 31.5 Å². The summed E-state index contributed by atoms with van der Waals surface area (Å²) in [7, 11) is 0. The SMILES string of the molecule is CCC(=O)NCc1cccc(C(=O)N2CCCC2)c1. The zero-order chi connectivity index (χ0) is 13.7. The Morgan fingerprint density at radius 3 is 2.68 bits per heavy atom. The molecule has 0 saturated carbocycles. The minimum absolute atomic E-state index is 0.0243. The van der Waals surface area contributed by atoms with Gasteiger partial charge in [0.2, 0.25) is 5.91 Å². The average molecular weight is 260 g/mol. The molecule has 2 rings (SSSR count). The van der Waals surface area contributed by atoms with Crippen LogP contribution in [0, 0.1) is 0 Å². The fourth-order valence-corrected chi connectivity index (χ4v) is 2.24. The molecule has 2 amide bonds. The summed E-state index contributed by atoms with van der Waals surface area (Å²) < 4.78 is 0. The Kier molecular flexibility index (Phi) is 4.55. The predicted molar refractivity (Wildman–Crippen MR) is 73.7 cm³/mol. The Labute approximate surface area is 113 Å². The summed E-state index contributed by atoms with van der Waals surface area (Å²) in [5, 5.41) is 2.82. The third kappa shape index (κ3) is 3.56. The van der Waals surface area contributed by atoms with E-state index >= 15 is 0 Å². The molecule has 1 aromatic rings. The van der Waals surface area contributed by atoms with Crippen molar-refractivity contribution in [1.82, 2.24) is 10.2 Å². The van der Waals surface area contributed by atoms with E-state index in [0.29, 0.717) is 18.5 Å². The first-order valence-corrected chi connectivity index (χ1v) is 6.85. The van der Waals surface area contributed by atoms with Gasteiger partial charge in [0, 0.05) is 31.6 Å². The van der Waals surface area contributed by atoms with E-state index in [9.17, 15) is 9.59 Å². The van der Waals surface area contributed by atoms with Crippen LogP contribution in [-0.4, -0.2) is 29.8 Å². The fourth-order valence-electron chi connectivity index (χ4n) is 2.24. The van der Waals surface area contributed by atoms with Gasteiger partial charge < -0.3 is 10.2 Å². The molecule has 0 radical (unpaired) electrons. The van der Waals surface area contributed by atoms with Crippen LogP contribution in [0.1, 0.15) is 42.1 Å². The molecule has 1 aliphatic heterocycles. The van der Waals surface area contributed by atoms with Crippen LogP contribution >= 0.6 is 0 Å². The molecule has 1 saturated heterocycles. The van der Waals surface area contributed by atoms with E-state index < -0.39 is 0 Å². The standard InChI is InChI=1S/C15H20N2O2/c1-2-14(18)16-11-12-6-5-7-13(10-12)15(19)17-8-3-4-9-17/h5-7,10H,2-4,8-9,11H2,1H3,(H,16,18). The maximum absolute atomic E-state index is 12.2. The van der Waals surface area contributed by atoms with Gasteiger partial charge in [0.25, 0.3) is 5.91 Å². The summed E-state index contributed by atoms with van der Waals surface area (Å²) >= 11 is 0. The zero-order valence-electron chi connectivity index (χ0n) is 11.3. The van der Waals surface area contributed by atoms with Crippen molar-refractivity contribution in [3.63, 3.8) is 0 Å². The van der Waals surface area contributed by atoms with Gasteiger partial charge in [0.05, 0.1) is 0 Å². The van der Waals surface area contributed by atoms with Crippen molar-refractivity contribution in [2.45, 2.75) is 32.7 Å². The van der Waals surface area contributed by atoms with Crippen LogP contribution in [0.25, 0.3) is 0 Å². The van der Waals surface area contributed by atoms with Gasteiger partial charge in [0.1, 0.15) is 0 Å². The van der Waals surface area contributed by atoms with Gasteiger partial charge in [0.15, 0.2) is 0 Å². The molecule has 102 valence electrons. The lowest BCUT2D eigenvalue weighted by Gasteiger charge is -2.15. The first-order valence-electron chi connectivity index (χ1n) is 6.85. The summed E-state index contributed by atoms with van der Waals surface area (Å²) in [6.07, 6.45) is 2.67. The highest BCUT2D eigenvalue weighted by molar-refractivity contribution is 5.94. The number of carbonyl (C=O) groups excluding carboxylic acids is 2. The molecule has 4 nitrogen and oxygen atoms in total. The van der Waals surface area contributed by atoms with Crippen LogP contribution in [0.15, 0.2) is 24.3 Å². The molecule has 0 unspecified atom stereocenters. The molecule has 0 aliphatic carbocycles. The Balaban J connectivity index is 2.01. The largest absolute Gasteiger partial charge is 0.352 e. The number of amides is 2. The van der Waals surface area contributed by atoms with Crippen molar-refractivity contribution in [1.29, 1.82) is 0 Å². The Morgan fingerprint density at radius 2 is 2.00 bits per heavy atom.